The Labute approximate surface area is 237 Å². The fraction of sp³-hybridized carbons (Fsp3) is 0.484. The highest BCUT2D eigenvalue weighted by molar-refractivity contribution is 5.93. The van der Waals surface area contributed by atoms with E-state index in [0.717, 1.165) is 24.0 Å². The average molecular weight is 554 g/mol. The van der Waals surface area contributed by atoms with Crippen LogP contribution in [0.25, 0.3) is 0 Å². The molecule has 0 saturated heterocycles. The van der Waals surface area contributed by atoms with Crippen molar-refractivity contribution in [3.63, 3.8) is 0 Å². The number of nitrogens with zero attached hydrogens (tertiary/aromatic N) is 1. The van der Waals surface area contributed by atoms with Crippen molar-refractivity contribution in [1.82, 2.24) is 15.5 Å². The zero-order valence-electron chi connectivity index (χ0n) is 24.5. The second kappa shape index (κ2) is 15.6. The largest absolute Gasteiger partial charge is 0.468 e. The van der Waals surface area contributed by atoms with Gasteiger partial charge in [0.2, 0.25) is 11.8 Å². The molecule has 0 bridgehead atoms. The van der Waals surface area contributed by atoms with Crippen molar-refractivity contribution in [1.29, 1.82) is 0 Å². The van der Waals surface area contributed by atoms with Crippen LogP contribution in [0, 0.1) is 6.92 Å². The predicted octanol–water partition coefficient (Wildman–Crippen LogP) is 4.48. The van der Waals surface area contributed by atoms with Gasteiger partial charge in [0, 0.05) is 13.0 Å². The Morgan fingerprint density at radius 3 is 2.20 bits per heavy atom. The van der Waals surface area contributed by atoms with Crippen LogP contribution in [0.1, 0.15) is 69.7 Å². The summed E-state index contributed by atoms with van der Waals surface area (Å²) in [4.78, 5) is 54.2. The molecule has 9 nitrogen and oxygen atoms in total. The molecule has 0 radical (unpaired) electrons. The summed E-state index contributed by atoms with van der Waals surface area (Å²) in [7, 11) is 1.24. The van der Waals surface area contributed by atoms with Crippen LogP contribution in [0.5, 0.6) is 0 Å². The Hall–Kier alpha value is -3.88. The lowest BCUT2D eigenvalue weighted by molar-refractivity contribution is -0.144. The maximum atomic E-state index is 14.4. The number of benzene rings is 2. The maximum Gasteiger partial charge on any atom is 0.408 e. The molecule has 2 aromatic rings. The third-order valence-corrected chi connectivity index (χ3v) is 6.24. The van der Waals surface area contributed by atoms with Crippen LogP contribution < -0.4 is 10.6 Å². The van der Waals surface area contributed by atoms with Gasteiger partial charge in [0.1, 0.15) is 24.2 Å². The quantitative estimate of drug-likeness (QED) is 0.279. The summed E-state index contributed by atoms with van der Waals surface area (Å²) < 4.78 is 10.2. The van der Waals surface area contributed by atoms with E-state index in [9.17, 15) is 19.2 Å². The molecule has 0 spiro atoms. The lowest BCUT2D eigenvalue weighted by atomic mass is 9.96. The number of unbranched alkanes of at least 4 members (excludes halogenated alkanes) is 2. The van der Waals surface area contributed by atoms with Gasteiger partial charge in [-0.1, -0.05) is 74.4 Å². The van der Waals surface area contributed by atoms with Crippen LogP contribution in [-0.4, -0.2) is 60.6 Å². The number of ether oxygens (including phenoxy) is 2. The summed E-state index contributed by atoms with van der Waals surface area (Å²) >= 11 is 0. The first kappa shape index (κ1) is 32.3. The Morgan fingerprint density at radius 1 is 0.950 bits per heavy atom. The minimum atomic E-state index is -1.03. The summed E-state index contributed by atoms with van der Waals surface area (Å²) in [6.07, 6.45) is 1.89. The fourth-order valence-electron chi connectivity index (χ4n) is 4.27. The first-order chi connectivity index (χ1) is 19.0. The number of amides is 3. The molecule has 40 heavy (non-hydrogen) atoms. The summed E-state index contributed by atoms with van der Waals surface area (Å²) in [5, 5.41) is 5.38. The van der Waals surface area contributed by atoms with Crippen LogP contribution in [0.2, 0.25) is 0 Å². The van der Waals surface area contributed by atoms with Crippen LogP contribution in [0.4, 0.5) is 4.79 Å². The van der Waals surface area contributed by atoms with Gasteiger partial charge in [0.05, 0.1) is 7.11 Å². The third kappa shape index (κ3) is 10.4. The van der Waals surface area contributed by atoms with Crippen LogP contribution in [-0.2, 0) is 30.3 Å². The van der Waals surface area contributed by atoms with E-state index in [0.29, 0.717) is 12.0 Å². The number of nitrogens with one attached hydrogen (secondary N) is 2. The zero-order valence-corrected chi connectivity index (χ0v) is 24.5. The number of rotatable bonds is 13. The SMILES string of the molecule is CCCCCN(C(=O)C(Cc1ccccc1)NC(=O)OC(C)(C)C)C(C(=O)NCC(=O)OC)c1ccccc1C. The monoisotopic (exact) mass is 553 g/mol. The number of carbonyl (C=O) groups is 4. The normalized spacial score (nSPS) is 12.6. The predicted molar refractivity (Wildman–Crippen MR) is 153 cm³/mol. The lowest BCUT2D eigenvalue weighted by Crippen LogP contribution is -2.54. The Balaban J connectivity index is 2.55. The minimum absolute atomic E-state index is 0.202. The summed E-state index contributed by atoms with van der Waals surface area (Å²) in [5.74, 6) is -1.54. The van der Waals surface area contributed by atoms with Gasteiger partial charge >= 0.3 is 12.1 Å². The first-order valence-electron chi connectivity index (χ1n) is 13.7. The average Bonchev–Trinajstić information content (AvgIpc) is 2.90. The summed E-state index contributed by atoms with van der Waals surface area (Å²) in [5.41, 5.74) is 1.52. The maximum absolute atomic E-state index is 14.4. The van der Waals surface area contributed by atoms with Crippen molar-refractivity contribution >= 4 is 23.9 Å². The number of hydrogen-bond acceptors (Lipinski definition) is 6. The van der Waals surface area contributed by atoms with Crippen molar-refractivity contribution in [2.75, 3.05) is 20.2 Å². The van der Waals surface area contributed by atoms with E-state index in [2.05, 4.69) is 22.3 Å². The van der Waals surface area contributed by atoms with Crippen LogP contribution in [0.3, 0.4) is 0 Å². The molecular formula is C31H43N3O6. The molecule has 2 atom stereocenters. The van der Waals surface area contributed by atoms with Gasteiger partial charge in [-0.05, 0) is 50.8 Å². The van der Waals surface area contributed by atoms with E-state index < -0.39 is 41.6 Å². The van der Waals surface area contributed by atoms with Crippen molar-refractivity contribution < 1.29 is 28.7 Å². The smallest absolute Gasteiger partial charge is 0.408 e. The van der Waals surface area contributed by atoms with E-state index in [1.54, 1.807) is 32.9 Å². The highest BCUT2D eigenvalue weighted by atomic mass is 16.6. The Bertz CT molecular complexity index is 1130. The minimum Gasteiger partial charge on any atom is -0.468 e. The van der Waals surface area contributed by atoms with Gasteiger partial charge in [-0.3, -0.25) is 14.4 Å². The third-order valence-electron chi connectivity index (χ3n) is 6.24. The number of methoxy groups -OCH3 is 1. The van der Waals surface area contributed by atoms with Crippen molar-refractivity contribution in [2.24, 2.45) is 0 Å². The van der Waals surface area contributed by atoms with Crippen molar-refractivity contribution in [3.8, 4) is 0 Å². The number of alkyl carbamates (subject to hydrolysis) is 1. The molecule has 0 aliphatic rings. The van der Waals surface area contributed by atoms with Crippen molar-refractivity contribution in [3.05, 3.63) is 71.3 Å². The molecule has 2 aromatic carbocycles. The van der Waals surface area contributed by atoms with Gasteiger partial charge in [-0.25, -0.2) is 4.79 Å². The fourth-order valence-corrected chi connectivity index (χ4v) is 4.27. The van der Waals surface area contributed by atoms with Crippen LogP contribution in [0.15, 0.2) is 54.6 Å². The molecule has 3 amide bonds. The first-order valence-corrected chi connectivity index (χ1v) is 13.7. The van der Waals surface area contributed by atoms with Gasteiger partial charge in [0.15, 0.2) is 0 Å². The molecular weight excluding hydrogens is 510 g/mol. The standard InChI is InChI=1S/C31H43N3O6/c1-7-8-14-19-34(27(24-18-13-12-15-22(24)2)28(36)32-21-26(35)39-6)29(37)25(20-23-16-10-9-11-17-23)33-30(38)40-31(3,4)5/h9-13,15-18,25,27H,7-8,14,19-21H2,1-6H3,(H,32,36)(H,33,38). The Kier molecular flexibility index (Phi) is 12.6. The van der Waals surface area contributed by atoms with E-state index in [-0.39, 0.29) is 19.5 Å². The van der Waals surface area contributed by atoms with E-state index in [4.69, 9.17) is 4.74 Å². The number of esters is 1. The van der Waals surface area contributed by atoms with Gasteiger partial charge < -0.3 is 25.0 Å². The molecule has 0 aromatic heterocycles. The van der Waals surface area contributed by atoms with E-state index >= 15 is 0 Å². The second-order valence-corrected chi connectivity index (χ2v) is 10.7. The van der Waals surface area contributed by atoms with E-state index in [1.165, 1.54) is 12.0 Å². The molecule has 0 aliphatic carbocycles. The molecule has 2 N–H and O–H groups in total. The highest BCUT2D eigenvalue weighted by Crippen LogP contribution is 2.27. The van der Waals surface area contributed by atoms with Crippen molar-refractivity contribution in [2.45, 2.75) is 78.0 Å². The molecule has 2 unspecified atom stereocenters. The Morgan fingerprint density at radius 2 is 1.60 bits per heavy atom. The number of carbonyl (C=O) groups excluding carboxylic acids is 4. The second-order valence-electron chi connectivity index (χ2n) is 10.7. The van der Waals surface area contributed by atoms with E-state index in [1.807, 2.05) is 49.4 Å². The highest BCUT2D eigenvalue weighted by Gasteiger charge is 2.37. The molecule has 218 valence electrons. The molecule has 0 fully saturated rings. The molecule has 9 heteroatoms. The van der Waals surface area contributed by atoms with Crippen LogP contribution >= 0.6 is 0 Å². The number of hydrogen-bond donors (Lipinski definition) is 2. The topological polar surface area (TPSA) is 114 Å². The number of aryl methyl sites for hydroxylation is 1. The molecule has 0 aliphatic heterocycles. The lowest BCUT2D eigenvalue weighted by Gasteiger charge is -2.35. The molecule has 2 rings (SSSR count). The molecule has 0 heterocycles. The van der Waals surface area contributed by atoms with Gasteiger partial charge in [0.25, 0.3) is 0 Å². The summed E-state index contributed by atoms with van der Waals surface area (Å²) in [6.45, 7) is 9.10. The van der Waals surface area contributed by atoms with Gasteiger partial charge in [-0.15, -0.1) is 0 Å². The van der Waals surface area contributed by atoms with Gasteiger partial charge in [-0.2, -0.15) is 0 Å². The molecule has 0 saturated carbocycles. The zero-order chi connectivity index (χ0) is 29.7. The summed E-state index contributed by atoms with van der Waals surface area (Å²) in [6, 6.07) is 14.6.